The van der Waals surface area contributed by atoms with Crippen molar-refractivity contribution in [1.29, 1.82) is 0 Å². The molecule has 0 spiro atoms. The molecule has 2 heterocycles. The minimum atomic E-state index is -0.452. The summed E-state index contributed by atoms with van der Waals surface area (Å²) >= 11 is 0. The van der Waals surface area contributed by atoms with Crippen LogP contribution in [-0.4, -0.2) is 28.5 Å². The number of nitrogens with zero attached hydrogens (tertiary/aromatic N) is 2. The summed E-state index contributed by atoms with van der Waals surface area (Å²) in [6, 6.07) is 22.8. The molecule has 0 saturated carbocycles. The lowest BCUT2D eigenvalue weighted by atomic mass is 9.99. The molecule has 2 N–H and O–H groups in total. The van der Waals surface area contributed by atoms with Crippen molar-refractivity contribution in [2.75, 3.05) is 17.7 Å². The predicted molar refractivity (Wildman–Crippen MR) is 131 cm³/mol. The van der Waals surface area contributed by atoms with Gasteiger partial charge in [-0.05, 0) is 35.4 Å². The van der Waals surface area contributed by atoms with Gasteiger partial charge in [-0.3, -0.25) is 4.79 Å². The molecule has 0 unspecified atom stereocenters. The van der Waals surface area contributed by atoms with Gasteiger partial charge in [-0.2, -0.15) is 0 Å². The number of esters is 1. The smallest absolute Gasteiger partial charge is 0.337 e. The Kier molecular flexibility index (Phi) is 5.66. The largest absolute Gasteiger partial charge is 0.465 e. The van der Waals surface area contributed by atoms with Crippen LogP contribution in [0.25, 0.3) is 11.3 Å². The van der Waals surface area contributed by atoms with E-state index in [0.717, 1.165) is 28.9 Å². The third kappa shape index (κ3) is 4.19. The maximum atomic E-state index is 13.1. The van der Waals surface area contributed by atoms with Gasteiger partial charge in [0.1, 0.15) is 0 Å². The van der Waals surface area contributed by atoms with E-state index >= 15 is 0 Å². The summed E-state index contributed by atoms with van der Waals surface area (Å²) in [6.07, 6.45) is 5.46. The number of carbonyl (C=O) groups is 2. The van der Waals surface area contributed by atoms with E-state index in [9.17, 15) is 9.59 Å². The standard InChI is InChI=1S/C27H22N4O3/c1-34-27(33)20-9-12-22-23(15-20)30-26(32)24(22)25(19-5-3-2-4-6-19)29-21-10-7-18(8-11-21)16-31-14-13-28-17-31/h2-15,17,29H,16H2,1H3,(H,30,32)/b25-24-. The Hall–Kier alpha value is -4.65. The molecule has 0 atom stereocenters. The Morgan fingerprint density at radius 2 is 1.82 bits per heavy atom. The van der Waals surface area contributed by atoms with Crippen LogP contribution in [0, 0.1) is 0 Å². The second-order valence-electron chi connectivity index (χ2n) is 7.88. The summed E-state index contributed by atoms with van der Waals surface area (Å²) in [7, 11) is 1.33. The van der Waals surface area contributed by atoms with Crippen molar-refractivity contribution >= 4 is 34.5 Å². The summed E-state index contributed by atoms with van der Waals surface area (Å²) in [5, 5.41) is 6.33. The molecular formula is C27H22N4O3. The monoisotopic (exact) mass is 450 g/mol. The van der Waals surface area contributed by atoms with Gasteiger partial charge in [0.2, 0.25) is 0 Å². The highest BCUT2D eigenvalue weighted by Crippen LogP contribution is 2.38. The average Bonchev–Trinajstić information content (AvgIpc) is 3.50. The molecule has 7 nitrogen and oxygen atoms in total. The molecule has 168 valence electrons. The molecule has 0 bridgehead atoms. The zero-order chi connectivity index (χ0) is 23.5. The molecule has 4 aromatic rings. The van der Waals surface area contributed by atoms with Crippen molar-refractivity contribution in [3.63, 3.8) is 0 Å². The fraction of sp³-hybridized carbons (Fsp3) is 0.0741. The van der Waals surface area contributed by atoms with Crippen LogP contribution in [0.15, 0.2) is 91.5 Å². The number of nitrogens with one attached hydrogen (secondary N) is 2. The van der Waals surface area contributed by atoms with E-state index in [0.29, 0.717) is 22.5 Å². The third-order valence-electron chi connectivity index (χ3n) is 5.65. The second-order valence-corrected chi connectivity index (χ2v) is 7.88. The van der Waals surface area contributed by atoms with Crippen molar-refractivity contribution in [2.45, 2.75) is 6.54 Å². The highest BCUT2D eigenvalue weighted by Gasteiger charge is 2.29. The molecule has 5 rings (SSSR count). The lowest BCUT2D eigenvalue weighted by molar-refractivity contribution is -0.110. The first-order valence-corrected chi connectivity index (χ1v) is 10.8. The number of amides is 1. The molecule has 1 aromatic heterocycles. The number of methoxy groups -OCH3 is 1. The van der Waals surface area contributed by atoms with Gasteiger partial charge in [0.25, 0.3) is 5.91 Å². The summed E-state index contributed by atoms with van der Waals surface area (Å²) in [6.45, 7) is 0.727. The number of benzene rings is 3. The Balaban J connectivity index is 1.53. The molecule has 1 amide bonds. The fourth-order valence-corrected chi connectivity index (χ4v) is 3.98. The normalized spacial score (nSPS) is 13.7. The van der Waals surface area contributed by atoms with Crippen molar-refractivity contribution in [1.82, 2.24) is 9.55 Å². The first-order chi connectivity index (χ1) is 16.6. The number of imidazole rings is 1. The number of aromatic nitrogens is 2. The van der Waals surface area contributed by atoms with E-state index in [1.807, 2.05) is 65.4 Å². The zero-order valence-electron chi connectivity index (χ0n) is 18.5. The van der Waals surface area contributed by atoms with Crippen molar-refractivity contribution in [3.8, 4) is 0 Å². The van der Waals surface area contributed by atoms with Crippen LogP contribution in [0.1, 0.15) is 27.0 Å². The summed E-state index contributed by atoms with van der Waals surface area (Å²) < 4.78 is 6.81. The van der Waals surface area contributed by atoms with E-state index in [2.05, 4.69) is 15.6 Å². The van der Waals surface area contributed by atoms with Gasteiger partial charge in [-0.25, -0.2) is 9.78 Å². The lowest BCUT2D eigenvalue weighted by Crippen LogP contribution is -2.10. The first kappa shape index (κ1) is 21.2. The second kappa shape index (κ2) is 9.07. The Labute approximate surface area is 196 Å². The Morgan fingerprint density at radius 3 is 2.53 bits per heavy atom. The summed E-state index contributed by atoms with van der Waals surface area (Å²) in [5.41, 5.74) is 5.75. The minimum Gasteiger partial charge on any atom is -0.465 e. The number of rotatable bonds is 6. The maximum absolute atomic E-state index is 13.1. The summed E-state index contributed by atoms with van der Waals surface area (Å²) in [4.78, 5) is 29.1. The van der Waals surface area contributed by atoms with Gasteiger partial charge in [0, 0.05) is 30.2 Å². The van der Waals surface area contributed by atoms with Gasteiger partial charge in [-0.1, -0.05) is 48.5 Å². The molecule has 3 aromatic carbocycles. The SMILES string of the molecule is COC(=O)c1ccc2c(c1)NC(=O)/C2=C(\Nc1ccc(Cn2ccnc2)cc1)c1ccccc1. The lowest BCUT2D eigenvalue weighted by Gasteiger charge is -2.15. The zero-order valence-corrected chi connectivity index (χ0v) is 18.5. The van der Waals surface area contributed by atoms with Crippen LogP contribution in [0.5, 0.6) is 0 Å². The fourth-order valence-electron chi connectivity index (χ4n) is 3.98. The number of ether oxygens (including phenoxy) is 1. The van der Waals surface area contributed by atoms with E-state index in [4.69, 9.17) is 4.74 Å². The molecule has 7 heteroatoms. The van der Waals surface area contributed by atoms with Crippen LogP contribution in [0.3, 0.4) is 0 Å². The highest BCUT2D eigenvalue weighted by molar-refractivity contribution is 6.37. The minimum absolute atomic E-state index is 0.236. The number of hydrogen-bond acceptors (Lipinski definition) is 5. The van der Waals surface area contributed by atoms with Gasteiger partial charge in [0.05, 0.1) is 36.0 Å². The van der Waals surface area contributed by atoms with E-state index in [1.165, 1.54) is 7.11 Å². The average molecular weight is 450 g/mol. The maximum Gasteiger partial charge on any atom is 0.337 e. The number of fused-ring (bicyclic) bond motifs is 1. The van der Waals surface area contributed by atoms with Crippen LogP contribution in [-0.2, 0) is 16.1 Å². The predicted octanol–water partition coefficient (Wildman–Crippen LogP) is 4.65. The van der Waals surface area contributed by atoms with Gasteiger partial charge < -0.3 is 19.9 Å². The van der Waals surface area contributed by atoms with Crippen LogP contribution < -0.4 is 10.6 Å². The molecule has 34 heavy (non-hydrogen) atoms. The molecule has 1 aliphatic rings. The third-order valence-corrected chi connectivity index (χ3v) is 5.65. The number of carbonyl (C=O) groups excluding carboxylic acids is 2. The summed E-state index contributed by atoms with van der Waals surface area (Å²) in [5.74, 6) is -0.688. The molecular weight excluding hydrogens is 428 g/mol. The molecule has 1 aliphatic heterocycles. The van der Waals surface area contributed by atoms with Crippen LogP contribution in [0.4, 0.5) is 11.4 Å². The number of hydrogen-bond donors (Lipinski definition) is 2. The highest BCUT2D eigenvalue weighted by atomic mass is 16.5. The van der Waals surface area contributed by atoms with Gasteiger partial charge in [0.15, 0.2) is 0 Å². The van der Waals surface area contributed by atoms with Gasteiger partial charge >= 0.3 is 5.97 Å². The Bertz CT molecular complexity index is 1380. The quantitative estimate of drug-likeness (QED) is 0.330. The number of anilines is 2. The van der Waals surface area contributed by atoms with Crippen molar-refractivity contribution < 1.29 is 14.3 Å². The topological polar surface area (TPSA) is 85.2 Å². The molecule has 0 radical (unpaired) electrons. The van der Waals surface area contributed by atoms with Crippen molar-refractivity contribution in [3.05, 3.63) is 114 Å². The van der Waals surface area contributed by atoms with Crippen molar-refractivity contribution in [2.24, 2.45) is 0 Å². The molecule has 0 aliphatic carbocycles. The first-order valence-electron chi connectivity index (χ1n) is 10.8. The van der Waals surface area contributed by atoms with E-state index in [1.54, 1.807) is 30.7 Å². The molecule has 0 saturated heterocycles. The van der Waals surface area contributed by atoms with E-state index < -0.39 is 5.97 Å². The van der Waals surface area contributed by atoms with Crippen LogP contribution in [0.2, 0.25) is 0 Å². The Morgan fingerprint density at radius 1 is 1.03 bits per heavy atom. The molecule has 0 fully saturated rings. The van der Waals surface area contributed by atoms with E-state index in [-0.39, 0.29) is 5.91 Å². The van der Waals surface area contributed by atoms with Crippen LogP contribution >= 0.6 is 0 Å². The van der Waals surface area contributed by atoms with Gasteiger partial charge in [-0.15, -0.1) is 0 Å².